The third-order valence-electron chi connectivity index (χ3n) is 2.89. The van der Waals surface area contributed by atoms with Crippen molar-refractivity contribution >= 4 is 22.8 Å². The highest BCUT2D eigenvalue weighted by Gasteiger charge is 2.19. The monoisotopic (exact) mass is 307 g/mol. The molecule has 0 radical (unpaired) electrons. The van der Waals surface area contributed by atoms with Crippen LogP contribution >= 0.6 is 0 Å². The number of fused-ring (bicyclic) bond motifs is 1. The number of aromatic nitrogens is 2. The minimum absolute atomic E-state index is 0.231. The molecule has 7 nitrogen and oxygen atoms in total. The van der Waals surface area contributed by atoms with Gasteiger partial charge in [0.1, 0.15) is 11.9 Å². The molecule has 22 heavy (non-hydrogen) atoms. The summed E-state index contributed by atoms with van der Waals surface area (Å²) in [6, 6.07) is 5.29. The lowest BCUT2D eigenvalue weighted by Crippen LogP contribution is -2.26. The number of rotatable bonds is 4. The van der Waals surface area contributed by atoms with Crippen molar-refractivity contribution in [3.05, 3.63) is 24.5 Å². The van der Waals surface area contributed by atoms with E-state index in [1.807, 2.05) is 0 Å². The molecule has 1 aromatic carbocycles. The molecule has 3 N–H and O–H groups in total. The lowest BCUT2D eigenvalue weighted by atomic mass is 10.2. The second-order valence-corrected chi connectivity index (χ2v) is 6.02. The number of nitrogens with zero attached hydrogens (tertiary/aromatic N) is 2. The van der Waals surface area contributed by atoms with Gasteiger partial charge >= 0.3 is 6.09 Å². The SMILES string of the molecule is CC(C)(C)OC(=O)n1cnc2cc(NCC(O)CO)ccc21. The van der Waals surface area contributed by atoms with E-state index in [2.05, 4.69) is 10.3 Å². The Morgan fingerprint density at radius 2 is 2.18 bits per heavy atom. The highest BCUT2D eigenvalue weighted by atomic mass is 16.6. The number of carbonyl (C=O) groups is 1. The Labute approximate surface area is 128 Å². The van der Waals surface area contributed by atoms with E-state index in [1.165, 1.54) is 10.9 Å². The first-order valence-electron chi connectivity index (χ1n) is 7.03. The molecule has 0 spiro atoms. The van der Waals surface area contributed by atoms with Crippen molar-refractivity contribution < 1.29 is 19.7 Å². The van der Waals surface area contributed by atoms with Crippen molar-refractivity contribution in [1.82, 2.24) is 9.55 Å². The fourth-order valence-corrected chi connectivity index (χ4v) is 1.88. The number of hydrogen-bond donors (Lipinski definition) is 3. The number of aliphatic hydroxyl groups excluding tert-OH is 2. The van der Waals surface area contributed by atoms with Crippen LogP contribution in [0, 0.1) is 0 Å². The molecular weight excluding hydrogens is 286 g/mol. The van der Waals surface area contributed by atoms with E-state index in [0.717, 1.165) is 5.69 Å². The highest BCUT2D eigenvalue weighted by molar-refractivity contribution is 5.88. The van der Waals surface area contributed by atoms with Gasteiger partial charge in [-0.3, -0.25) is 0 Å². The van der Waals surface area contributed by atoms with Gasteiger partial charge in [0.15, 0.2) is 0 Å². The van der Waals surface area contributed by atoms with E-state index in [4.69, 9.17) is 9.84 Å². The van der Waals surface area contributed by atoms with Crippen LogP contribution in [0.2, 0.25) is 0 Å². The van der Waals surface area contributed by atoms with Crippen molar-refractivity contribution in [3.8, 4) is 0 Å². The number of aliphatic hydroxyl groups is 2. The molecule has 0 amide bonds. The van der Waals surface area contributed by atoms with Crippen molar-refractivity contribution in [3.63, 3.8) is 0 Å². The number of anilines is 1. The first-order valence-corrected chi connectivity index (χ1v) is 7.03. The van der Waals surface area contributed by atoms with Crippen LogP contribution in [0.4, 0.5) is 10.5 Å². The molecule has 0 aliphatic heterocycles. The van der Waals surface area contributed by atoms with Crippen molar-refractivity contribution in [2.75, 3.05) is 18.5 Å². The molecule has 0 aliphatic rings. The van der Waals surface area contributed by atoms with Gasteiger partial charge in [-0.1, -0.05) is 0 Å². The third kappa shape index (κ3) is 3.96. The Kier molecular flexibility index (Phi) is 4.68. The van der Waals surface area contributed by atoms with Crippen LogP contribution in [-0.2, 0) is 4.74 Å². The lowest BCUT2D eigenvalue weighted by molar-refractivity contribution is 0.0543. The molecule has 0 saturated carbocycles. The minimum Gasteiger partial charge on any atom is -0.443 e. The number of nitrogens with one attached hydrogen (secondary N) is 1. The summed E-state index contributed by atoms with van der Waals surface area (Å²) in [7, 11) is 0. The van der Waals surface area contributed by atoms with E-state index in [0.29, 0.717) is 11.0 Å². The zero-order valence-electron chi connectivity index (χ0n) is 12.9. The molecule has 1 unspecified atom stereocenters. The Morgan fingerprint density at radius 3 is 2.82 bits per heavy atom. The average molecular weight is 307 g/mol. The summed E-state index contributed by atoms with van der Waals surface area (Å²) in [4.78, 5) is 16.3. The maximum Gasteiger partial charge on any atom is 0.420 e. The number of benzene rings is 1. The number of imidazole rings is 1. The summed E-state index contributed by atoms with van der Waals surface area (Å²) in [6.07, 6.45) is 0.117. The topological polar surface area (TPSA) is 96.6 Å². The largest absolute Gasteiger partial charge is 0.443 e. The quantitative estimate of drug-likeness (QED) is 0.793. The van der Waals surface area contributed by atoms with E-state index in [9.17, 15) is 9.90 Å². The van der Waals surface area contributed by atoms with Gasteiger partial charge in [-0.25, -0.2) is 14.3 Å². The maximum absolute atomic E-state index is 12.1. The molecule has 1 aromatic heterocycles. The summed E-state index contributed by atoms with van der Waals surface area (Å²) in [5.41, 5.74) is 1.45. The van der Waals surface area contributed by atoms with Gasteiger partial charge in [-0.05, 0) is 39.0 Å². The van der Waals surface area contributed by atoms with Gasteiger partial charge in [0.05, 0.1) is 23.7 Å². The van der Waals surface area contributed by atoms with E-state index in [-0.39, 0.29) is 13.2 Å². The minimum atomic E-state index is -0.824. The molecule has 1 atom stereocenters. The predicted octanol–water partition coefficient (Wildman–Crippen LogP) is 1.58. The number of carbonyl (C=O) groups excluding carboxylic acids is 1. The highest BCUT2D eigenvalue weighted by Crippen LogP contribution is 2.19. The second-order valence-electron chi connectivity index (χ2n) is 6.02. The Morgan fingerprint density at radius 1 is 1.45 bits per heavy atom. The predicted molar refractivity (Wildman–Crippen MR) is 82.9 cm³/mol. The van der Waals surface area contributed by atoms with Crippen molar-refractivity contribution in [2.24, 2.45) is 0 Å². The molecule has 0 fully saturated rings. The smallest absolute Gasteiger partial charge is 0.420 e. The fourth-order valence-electron chi connectivity index (χ4n) is 1.88. The normalized spacial score (nSPS) is 13.1. The van der Waals surface area contributed by atoms with Crippen LogP contribution in [0.15, 0.2) is 24.5 Å². The molecular formula is C15H21N3O4. The Balaban J connectivity index is 2.18. The lowest BCUT2D eigenvalue weighted by Gasteiger charge is -2.19. The molecule has 2 rings (SSSR count). The summed E-state index contributed by atoms with van der Waals surface area (Å²) in [5.74, 6) is 0. The summed E-state index contributed by atoms with van der Waals surface area (Å²) >= 11 is 0. The second kappa shape index (κ2) is 6.33. The van der Waals surface area contributed by atoms with Crippen LogP contribution in [0.5, 0.6) is 0 Å². The van der Waals surface area contributed by atoms with Crippen LogP contribution in [-0.4, -0.2) is 50.7 Å². The zero-order valence-corrected chi connectivity index (χ0v) is 12.9. The van der Waals surface area contributed by atoms with Gasteiger partial charge in [-0.15, -0.1) is 0 Å². The maximum atomic E-state index is 12.1. The fraction of sp³-hybridized carbons (Fsp3) is 0.467. The van der Waals surface area contributed by atoms with E-state index >= 15 is 0 Å². The van der Waals surface area contributed by atoms with E-state index < -0.39 is 17.8 Å². The molecule has 120 valence electrons. The first-order chi connectivity index (χ1) is 10.3. The molecule has 0 aliphatic carbocycles. The Hall–Kier alpha value is -2.12. The molecule has 0 bridgehead atoms. The van der Waals surface area contributed by atoms with Gasteiger partial charge in [0, 0.05) is 12.2 Å². The molecule has 1 heterocycles. The third-order valence-corrected chi connectivity index (χ3v) is 2.89. The Bertz CT molecular complexity index is 660. The van der Waals surface area contributed by atoms with Crippen LogP contribution < -0.4 is 5.32 Å². The van der Waals surface area contributed by atoms with Gasteiger partial charge < -0.3 is 20.3 Å². The van der Waals surface area contributed by atoms with Crippen LogP contribution in [0.25, 0.3) is 11.0 Å². The molecule has 2 aromatic rings. The van der Waals surface area contributed by atoms with Gasteiger partial charge in [0.2, 0.25) is 0 Å². The van der Waals surface area contributed by atoms with Crippen LogP contribution in [0.1, 0.15) is 20.8 Å². The van der Waals surface area contributed by atoms with Crippen LogP contribution in [0.3, 0.4) is 0 Å². The van der Waals surface area contributed by atoms with Gasteiger partial charge in [-0.2, -0.15) is 0 Å². The number of ether oxygens (including phenoxy) is 1. The number of hydrogen-bond acceptors (Lipinski definition) is 6. The van der Waals surface area contributed by atoms with Crippen molar-refractivity contribution in [1.29, 1.82) is 0 Å². The first kappa shape index (κ1) is 16.3. The molecule has 0 saturated heterocycles. The standard InChI is InChI=1S/C15H21N3O4/c1-15(2,3)22-14(21)18-9-17-12-6-10(4-5-13(12)18)16-7-11(20)8-19/h4-6,9,11,16,19-20H,7-8H2,1-3H3. The zero-order chi connectivity index (χ0) is 16.3. The van der Waals surface area contributed by atoms with E-state index in [1.54, 1.807) is 39.0 Å². The molecule has 7 heteroatoms. The van der Waals surface area contributed by atoms with Crippen molar-refractivity contribution in [2.45, 2.75) is 32.5 Å². The summed E-state index contributed by atoms with van der Waals surface area (Å²) < 4.78 is 6.68. The summed E-state index contributed by atoms with van der Waals surface area (Å²) in [5, 5.41) is 21.1. The average Bonchev–Trinajstić information content (AvgIpc) is 2.86. The van der Waals surface area contributed by atoms with Gasteiger partial charge in [0.25, 0.3) is 0 Å². The summed E-state index contributed by atoms with van der Waals surface area (Å²) in [6.45, 7) is 5.34.